The van der Waals surface area contributed by atoms with Crippen molar-refractivity contribution in [3.05, 3.63) is 29.3 Å². The Morgan fingerprint density at radius 3 is 2.30 bits per heavy atom. The second-order valence-electron chi connectivity index (χ2n) is 7.30. The summed E-state index contributed by atoms with van der Waals surface area (Å²) in [6, 6.07) is 5.85. The molecule has 0 aromatic heterocycles. The van der Waals surface area contributed by atoms with Gasteiger partial charge in [-0.1, -0.05) is 26.8 Å². The third-order valence-corrected chi connectivity index (χ3v) is 2.98. The molecule has 1 aromatic rings. The first-order valence-corrected chi connectivity index (χ1v) is 7.31. The molecule has 0 saturated heterocycles. The zero-order valence-corrected chi connectivity index (χ0v) is 14.2. The molecule has 0 radical (unpaired) electrons. The molecule has 0 atom stereocenters. The summed E-state index contributed by atoms with van der Waals surface area (Å²) >= 11 is 0. The smallest absolute Gasteiger partial charge is 0.349 e. The number of esters is 1. The first-order chi connectivity index (χ1) is 10.4. The summed E-state index contributed by atoms with van der Waals surface area (Å²) < 4.78 is 5.45. The zero-order valence-electron chi connectivity index (χ0n) is 14.2. The third-order valence-electron chi connectivity index (χ3n) is 2.98. The van der Waals surface area contributed by atoms with Crippen molar-refractivity contribution >= 4 is 12.0 Å². The van der Waals surface area contributed by atoms with E-state index in [-0.39, 0.29) is 22.5 Å². The van der Waals surface area contributed by atoms with Crippen LogP contribution in [0, 0.1) is 16.7 Å². The normalized spacial score (nSPS) is 12.6. The van der Waals surface area contributed by atoms with Crippen LogP contribution in [0.25, 0.3) is 6.08 Å². The molecule has 1 rings (SSSR count). The topological polar surface area (TPSA) is 90.6 Å². The van der Waals surface area contributed by atoms with E-state index in [4.69, 9.17) is 4.74 Å². The van der Waals surface area contributed by atoms with E-state index in [0.717, 1.165) is 0 Å². The Balaban J connectivity index is 2.97. The molecule has 0 fully saturated rings. The molecule has 0 aliphatic heterocycles. The second-order valence-corrected chi connectivity index (χ2v) is 7.30. The number of carbonyl (C=O) groups is 1. The molecule has 0 bridgehead atoms. The van der Waals surface area contributed by atoms with Crippen LogP contribution >= 0.6 is 0 Å². The monoisotopic (exact) mass is 317 g/mol. The van der Waals surface area contributed by atoms with Crippen LogP contribution < -0.4 is 0 Å². The molecule has 5 heteroatoms. The second kappa shape index (κ2) is 6.74. The van der Waals surface area contributed by atoms with Crippen LogP contribution in [0.3, 0.4) is 0 Å². The van der Waals surface area contributed by atoms with Crippen molar-refractivity contribution in [2.24, 2.45) is 5.41 Å². The number of aromatic hydroxyl groups is 2. The van der Waals surface area contributed by atoms with E-state index in [9.17, 15) is 20.3 Å². The number of phenols is 2. The van der Waals surface area contributed by atoms with E-state index in [1.54, 1.807) is 13.8 Å². The molecule has 2 N–H and O–H groups in total. The number of nitrogens with zero attached hydrogens (tertiary/aromatic N) is 1. The Kier molecular flexibility index (Phi) is 5.44. The molecule has 0 unspecified atom stereocenters. The summed E-state index contributed by atoms with van der Waals surface area (Å²) in [4.78, 5) is 12.2. The molecule has 1 aromatic carbocycles. The molecule has 0 aliphatic carbocycles. The molecule has 0 spiro atoms. The van der Waals surface area contributed by atoms with Gasteiger partial charge in [-0.05, 0) is 49.5 Å². The summed E-state index contributed by atoms with van der Waals surface area (Å²) in [7, 11) is 0. The summed E-state index contributed by atoms with van der Waals surface area (Å²) in [5.74, 6) is -1.30. The molecule has 0 amide bonds. The van der Waals surface area contributed by atoms with Gasteiger partial charge in [0.1, 0.15) is 17.2 Å². The highest BCUT2D eigenvalue weighted by Crippen LogP contribution is 2.30. The first kappa shape index (κ1) is 18.6. The molecule has 23 heavy (non-hydrogen) atoms. The van der Waals surface area contributed by atoms with Crippen molar-refractivity contribution in [1.82, 2.24) is 0 Å². The van der Waals surface area contributed by atoms with Crippen molar-refractivity contribution < 1.29 is 19.7 Å². The summed E-state index contributed by atoms with van der Waals surface area (Å²) in [5, 5.41) is 27.9. The Morgan fingerprint density at radius 2 is 1.83 bits per heavy atom. The van der Waals surface area contributed by atoms with Gasteiger partial charge in [0.2, 0.25) is 0 Å². The number of benzene rings is 1. The van der Waals surface area contributed by atoms with E-state index in [0.29, 0.717) is 12.0 Å². The van der Waals surface area contributed by atoms with Gasteiger partial charge < -0.3 is 14.9 Å². The Hall–Kier alpha value is -2.48. The summed E-state index contributed by atoms with van der Waals surface area (Å²) in [6.45, 7) is 9.74. The number of hydrogen-bond acceptors (Lipinski definition) is 5. The number of phenolic OH excluding ortho intramolecular Hbond substituents is 2. The lowest BCUT2D eigenvalue weighted by molar-refractivity contribution is -0.153. The minimum Gasteiger partial charge on any atom is -0.504 e. The van der Waals surface area contributed by atoms with Crippen LogP contribution in [0.2, 0.25) is 0 Å². The Labute approximate surface area is 136 Å². The van der Waals surface area contributed by atoms with Gasteiger partial charge in [0.25, 0.3) is 0 Å². The molecule has 0 heterocycles. The number of rotatable bonds is 4. The number of ether oxygens (including phenoxy) is 1. The molecule has 5 nitrogen and oxygen atoms in total. The zero-order chi connectivity index (χ0) is 17.8. The summed E-state index contributed by atoms with van der Waals surface area (Å²) in [6.07, 6.45) is 1.96. The fraction of sp³-hybridized carbons (Fsp3) is 0.444. The van der Waals surface area contributed by atoms with E-state index in [2.05, 4.69) is 0 Å². The maximum atomic E-state index is 12.2. The first-order valence-electron chi connectivity index (χ1n) is 7.31. The summed E-state index contributed by atoms with van der Waals surface area (Å²) in [5.41, 5.74) is -0.481. The maximum absolute atomic E-state index is 12.2. The van der Waals surface area contributed by atoms with Gasteiger partial charge in [-0.15, -0.1) is 0 Å². The lowest BCUT2D eigenvalue weighted by Crippen LogP contribution is -2.33. The van der Waals surface area contributed by atoms with Crippen molar-refractivity contribution in [2.75, 3.05) is 0 Å². The van der Waals surface area contributed by atoms with Crippen LogP contribution in [-0.2, 0) is 9.53 Å². The van der Waals surface area contributed by atoms with Crippen molar-refractivity contribution in [3.8, 4) is 17.6 Å². The van der Waals surface area contributed by atoms with E-state index < -0.39 is 11.6 Å². The van der Waals surface area contributed by atoms with Gasteiger partial charge in [0, 0.05) is 0 Å². The van der Waals surface area contributed by atoms with Crippen LogP contribution in [-0.4, -0.2) is 21.8 Å². The van der Waals surface area contributed by atoms with Gasteiger partial charge in [0.05, 0.1) is 0 Å². The average molecular weight is 317 g/mol. The van der Waals surface area contributed by atoms with Gasteiger partial charge in [0.15, 0.2) is 11.5 Å². The fourth-order valence-corrected chi connectivity index (χ4v) is 2.55. The van der Waals surface area contributed by atoms with E-state index >= 15 is 0 Å². The van der Waals surface area contributed by atoms with E-state index in [1.807, 2.05) is 26.8 Å². The van der Waals surface area contributed by atoms with Crippen molar-refractivity contribution in [3.63, 3.8) is 0 Å². The van der Waals surface area contributed by atoms with Gasteiger partial charge in [-0.3, -0.25) is 0 Å². The highest BCUT2D eigenvalue weighted by atomic mass is 16.6. The van der Waals surface area contributed by atoms with Gasteiger partial charge >= 0.3 is 5.97 Å². The van der Waals surface area contributed by atoms with Crippen LogP contribution in [0.4, 0.5) is 0 Å². The molecular formula is C18H23NO4. The lowest BCUT2D eigenvalue weighted by atomic mass is 9.83. The lowest BCUT2D eigenvalue weighted by Gasteiger charge is -2.32. The van der Waals surface area contributed by atoms with Crippen molar-refractivity contribution in [2.45, 2.75) is 46.6 Å². The van der Waals surface area contributed by atoms with Gasteiger partial charge in [-0.2, -0.15) is 5.26 Å². The predicted octanol–water partition coefficient (Wildman–Crippen LogP) is 3.76. The SMILES string of the molecule is CC(C)(C)CC(C)(C)OC(=O)/C(C#N)=C/c1ccc(O)c(O)c1. The molecular weight excluding hydrogens is 294 g/mol. The largest absolute Gasteiger partial charge is 0.504 e. The third kappa shape index (κ3) is 6.03. The van der Waals surface area contributed by atoms with E-state index in [1.165, 1.54) is 24.3 Å². The molecule has 124 valence electrons. The average Bonchev–Trinajstić information content (AvgIpc) is 2.36. The van der Waals surface area contributed by atoms with Crippen LogP contribution in [0.5, 0.6) is 11.5 Å². The number of nitriles is 1. The van der Waals surface area contributed by atoms with Crippen LogP contribution in [0.15, 0.2) is 23.8 Å². The minimum absolute atomic E-state index is 0.0248. The van der Waals surface area contributed by atoms with Crippen LogP contribution in [0.1, 0.15) is 46.6 Å². The highest BCUT2D eigenvalue weighted by molar-refractivity contribution is 5.98. The maximum Gasteiger partial charge on any atom is 0.349 e. The molecule has 0 saturated carbocycles. The Bertz CT molecular complexity index is 661. The standard InChI is InChI=1S/C18H23NO4/c1-17(2,3)11-18(4,5)23-16(22)13(10-19)8-12-6-7-14(20)15(21)9-12/h6-9,20-21H,11H2,1-5H3/b13-8+. The fourth-order valence-electron chi connectivity index (χ4n) is 2.55. The predicted molar refractivity (Wildman–Crippen MR) is 87.6 cm³/mol. The molecule has 0 aliphatic rings. The van der Waals surface area contributed by atoms with Crippen molar-refractivity contribution in [1.29, 1.82) is 5.26 Å². The number of hydrogen-bond donors (Lipinski definition) is 2. The van der Waals surface area contributed by atoms with Gasteiger partial charge in [-0.25, -0.2) is 4.79 Å². The Morgan fingerprint density at radius 1 is 1.22 bits per heavy atom. The quantitative estimate of drug-likeness (QED) is 0.382. The number of carbonyl (C=O) groups excluding carboxylic acids is 1. The minimum atomic E-state index is -0.714. The highest BCUT2D eigenvalue weighted by Gasteiger charge is 2.30.